The van der Waals surface area contributed by atoms with Crippen LogP contribution in [0.15, 0.2) is 42.0 Å². The summed E-state index contributed by atoms with van der Waals surface area (Å²) in [6.45, 7) is 2.52. The van der Waals surface area contributed by atoms with Crippen molar-refractivity contribution in [2.45, 2.75) is 25.6 Å². The summed E-state index contributed by atoms with van der Waals surface area (Å²) in [6, 6.07) is 9.84. The molecule has 0 aliphatic heterocycles. The summed E-state index contributed by atoms with van der Waals surface area (Å²) in [5.74, 6) is 0. The van der Waals surface area contributed by atoms with Gasteiger partial charge in [0.05, 0.1) is 11.6 Å². The molecule has 1 heterocycles. The van der Waals surface area contributed by atoms with Crippen molar-refractivity contribution in [3.05, 3.63) is 52.5 Å². The second-order valence-corrected chi connectivity index (χ2v) is 5.00. The highest BCUT2D eigenvalue weighted by atomic mass is 32.1. The summed E-state index contributed by atoms with van der Waals surface area (Å²) in [5, 5.41) is 10.3. The molecule has 1 aromatic carbocycles. The first-order chi connectivity index (χ1) is 8.81. The molecule has 1 aromatic heterocycles. The third-order valence-corrected chi connectivity index (χ3v) is 3.52. The number of aromatic nitrogens is 1. The van der Waals surface area contributed by atoms with E-state index in [0.717, 1.165) is 10.4 Å². The van der Waals surface area contributed by atoms with Crippen LogP contribution in [0.1, 0.15) is 23.5 Å². The lowest BCUT2D eigenvalue weighted by Crippen LogP contribution is -2.23. The number of aliphatic hydroxyl groups excluding tert-OH is 1. The van der Waals surface area contributed by atoms with Crippen LogP contribution in [0.2, 0.25) is 0 Å². The van der Waals surface area contributed by atoms with Crippen LogP contribution in [0, 0.1) is 0 Å². The number of hydrogen-bond acceptors (Lipinski definition) is 4. The molecule has 0 fully saturated rings. The van der Waals surface area contributed by atoms with E-state index in [9.17, 15) is 5.11 Å². The lowest BCUT2D eigenvalue weighted by molar-refractivity contribution is -0.0336. The van der Waals surface area contributed by atoms with Crippen LogP contribution in [-0.2, 0) is 11.2 Å². The Labute approximate surface area is 111 Å². The molecule has 96 valence electrons. The van der Waals surface area contributed by atoms with Gasteiger partial charge in [0.1, 0.15) is 6.10 Å². The molecule has 0 spiro atoms. The number of benzene rings is 1. The van der Waals surface area contributed by atoms with E-state index in [4.69, 9.17) is 4.74 Å². The van der Waals surface area contributed by atoms with Crippen LogP contribution in [0.4, 0.5) is 0 Å². The summed E-state index contributed by atoms with van der Waals surface area (Å²) in [7, 11) is 0. The van der Waals surface area contributed by atoms with Gasteiger partial charge in [-0.3, -0.25) is 4.98 Å². The van der Waals surface area contributed by atoms with Gasteiger partial charge in [-0.25, -0.2) is 0 Å². The minimum Gasteiger partial charge on any atom is -0.390 e. The zero-order valence-corrected chi connectivity index (χ0v) is 11.1. The van der Waals surface area contributed by atoms with E-state index in [1.807, 2.05) is 37.3 Å². The highest BCUT2D eigenvalue weighted by molar-refractivity contribution is 7.09. The first-order valence-corrected chi connectivity index (χ1v) is 6.91. The van der Waals surface area contributed by atoms with Gasteiger partial charge in [-0.15, -0.1) is 11.3 Å². The van der Waals surface area contributed by atoms with Gasteiger partial charge in [0.25, 0.3) is 0 Å². The van der Waals surface area contributed by atoms with E-state index in [-0.39, 0.29) is 6.10 Å². The molecular weight excluding hydrogens is 246 g/mol. The minimum absolute atomic E-state index is 0.279. The SMILES string of the molecule is CCOC(c1ccccc1)C(O)Cc1cncs1. The molecule has 0 saturated carbocycles. The van der Waals surface area contributed by atoms with Gasteiger partial charge >= 0.3 is 0 Å². The summed E-state index contributed by atoms with van der Waals surface area (Å²) in [6.07, 6.45) is 1.54. The smallest absolute Gasteiger partial charge is 0.109 e. The molecule has 18 heavy (non-hydrogen) atoms. The third kappa shape index (κ3) is 3.38. The predicted molar refractivity (Wildman–Crippen MR) is 72.6 cm³/mol. The zero-order chi connectivity index (χ0) is 12.8. The van der Waals surface area contributed by atoms with Crippen molar-refractivity contribution in [1.29, 1.82) is 0 Å². The molecule has 2 unspecified atom stereocenters. The topological polar surface area (TPSA) is 42.4 Å². The minimum atomic E-state index is -0.548. The fourth-order valence-electron chi connectivity index (χ4n) is 1.91. The lowest BCUT2D eigenvalue weighted by Gasteiger charge is -2.22. The maximum Gasteiger partial charge on any atom is 0.109 e. The first kappa shape index (κ1) is 13.2. The second kappa shape index (κ2) is 6.64. The summed E-state index contributed by atoms with van der Waals surface area (Å²) >= 11 is 1.56. The Hall–Kier alpha value is -1.23. The second-order valence-electron chi connectivity index (χ2n) is 4.03. The zero-order valence-electron chi connectivity index (χ0n) is 10.3. The number of aliphatic hydroxyl groups is 1. The Kier molecular flexibility index (Phi) is 4.87. The predicted octanol–water partition coefficient (Wildman–Crippen LogP) is 2.82. The summed E-state index contributed by atoms with van der Waals surface area (Å²) in [5.41, 5.74) is 2.79. The number of nitrogens with zero attached hydrogens (tertiary/aromatic N) is 1. The molecule has 0 aliphatic carbocycles. The van der Waals surface area contributed by atoms with E-state index in [2.05, 4.69) is 4.98 Å². The fourth-order valence-corrected chi connectivity index (χ4v) is 2.55. The van der Waals surface area contributed by atoms with E-state index < -0.39 is 6.10 Å². The van der Waals surface area contributed by atoms with Crippen molar-refractivity contribution in [1.82, 2.24) is 4.98 Å². The Morgan fingerprint density at radius 1 is 1.33 bits per heavy atom. The molecule has 0 aliphatic rings. The first-order valence-electron chi connectivity index (χ1n) is 6.03. The van der Waals surface area contributed by atoms with E-state index in [0.29, 0.717) is 13.0 Å². The molecule has 0 amide bonds. The molecule has 0 bridgehead atoms. The molecule has 4 heteroatoms. The Balaban J connectivity index is 2.09. The molecule has 2 rings (SSSR count). The average molecular weight is 263 g/mol. The Bertz CT molecular complexity index is 444. The molecule has 2 atom stereocenters. The Morgan fingerprint density at radius 3 is 2.72 bits per heavy atom. The maximum atomic E-state index is 10.3. The van der Waals surface area contributed by atoms with E-state index >= 15 is 0 Å². The summed E-state index contributed by atoms with van der Waals surface area (Å²) < 4.78 is 5.67. The van der Waals surface area contributed by atoms with Gasteiger partial charge in [-0.2, -0.15) is 0 Å². The van der Waals surface area contributed by atoms with Crippen LogP contribution in [0.3, 0.4) is 0 Å². The highest BCUT2D eigenvalue weighted by Crippen LogP contribution is 2.24. The third-order valence-electron chi connectivity index (χ3n) is 2.72. The average Bonchev–Trinajstić information content (AvgIpc) is 2.89. The quantitative estimate of drug-likeness (QED) is 0.871. The Morgan fingerprint density at radius 2 is 2.11 bits per heavy atom. The van der Waals surface area contributed by atoms with Crippen molar-refractivity contribution < 1.29 is 9.84 Å². The van der Waals surface area contributed by atoms with Crippen molar-refractivity contribution in [2.75, 3.05) is 6.61 Å². The van der Waals surface area contributed by atoms with Crippen molar-refractivity contribution in [3.8, 4) is 0 Å². The number of thiazole rings is 1. The number of rotatable bonds is 6. The summed E-state index contributed by atoms with van der Waals surface area (Å²) in [4.78, 5) is 5.09. The molecule has 0 saturated heterocycles. The maximum absolute atomic E-state index is 10.3. The molecule has 3 nitrogen and oxygen atoms in total. The van der Waals surface area contributed by atoms with Crippen LogP contribution < -0.4 is 0 Å². The molecule has 2 aromatic rings. The van der Waals surface area contributed by atoms with Gasteiger partial charge in [-0.05, 0) is 12.5 Å². The van der Waals surface area contributed by atoms with Gasteiger partial charge in [0.15, 0.2) is 0 Å². The van der Waals surface area contributed by atoms with E-state index in [1.165, 1.54) is 0 Å². The largest absolute Gasteiger partial charge is 0.390 e. The standard InChI is InChI=1S/C14H17NO2S/c1-2-17-14(11-6-4-3-5-7-11)13(16)8-12-9-15-10-18-12/h3-7,9-10,13-14,16H,2,8H2,1H3. The van der Waals surface area contributed by atoms with Crippen molar-refractivity contribution >= 4 is 11.3 Å². The number of ether oxygens (including phenoxy) is 1. The van der Waals surface area contributed by atoms with E-state index in [1.54, 1.807) is 23.0 Å². The normalized spacial score (nSPS) is 14.3. The molecular formula is C14H17NO2S. The van der Waals surface area contributed by atoms with Gasteiger partial charge in [-0.1, -0.05) is 30.3 Å². The van der Waals surface area contributed by atoms with Crippen LogP contribution in [0.25, 0.3) is 0 Å². The fraction of sp³-hybridized carbons (Fsp3) is 0.357. The number of hydrogen-bond donors (Lipinski definition) is 1. The van der Waals surface area contributed by atoms with Gasteiger partial charge < -0.3 is 9.84 Å². The van der Waals surface area contributed by atoms with Crippen LogP contribution >= 0.6 is 11.3 Å². The van der Waals surface area contributed by atoms with Crippen LogP contribution in [-0.4, -0.2) is 22.8 Å². The van der Waals surface area contributed by atoms with Gasteiger partial charge in [0.2, 0.25) is 0 Å². The molecule has 0 radical (unpaired) electrons. The van der Waals surface area contributed by atoms with Crippen molar-refractivity contribution in [2.24, 2.45) is 0 Å². The lowest BCUT2D eigenvalue weighted by atomic mass is 10.0. The van der Waals surface area contributed by atoms with Crippen molar-refractivity contribution in [3.63, 3.8) is 0 Å². The van der Waals surface area contributed by atoms with Gasteiger partial charge in [0, 0.05) is 24.1 Å². The monoisotopic (exact) mass is 263 g/mol. The highest BCUT2D eigenvalue weighted by Gasteiger charge is 2.22. The molecule has 1 N–H and O–H groups in total. The van der Waals surface area contributed by atoms with Crippen LogP contribution in [0.5, 0.6) is 0 Å².